The summed E-state index contributed by atoms with van der Waals surface area (Å²) in [6.45, 7) is 4.57. The van der Waals surface area contributed by atoms with Gasteiger partial charge in [-0.2, -0.15) is 0 Å². The molecule has 1 aromatic rings. The third-order valence-electron chi connectivity index (χ3n) is 5.98. The van der Waals surface area contributed by atoms with Crippen molar-refractivity contribution in [3.05, 3.63) is 8.85 Å². The van der Waals surface area contributed by atoms with Crippen LogP contribution >= 0.6 is 46.2 Å². The Kier molecular flexibility index (Phi) is 22.3. The monoisotopic (exact) mass is 518 g/mol. The molecule has 1 rings (SSSR count). The Balaban J connectivity index is 2.00. The van der Waals surface area contributed by atoms with Crippen LogP contribution in [0.5, 0.6) is 0 Å². The second-order valence-electron chi connectivity index (χ2n) is 9.09. The molecule has 0 bridgehead atoms. The first-order valence-electron chi connectivity index (χ1n) is 13.7. The molecule has 0 amide bonds. The van der Waals surface area contributed by atoms with Gasteiger partial charge in [0.25, 0.3) is 4.06 Å². The predicted molar refractivity (Wildman–Crippen MR) is 154 cm³/mol. The fraction of sp³-hybridized carbons (Fsp3) is 0.889. The van der Waals surface area contributed by atoms with Gasteiger partial charge in [-0.05, 0) is 24.3 Å². The number of hydrogen-bond acceptors (Lipinski definition) is 5. The first kappa shape index (κ1) is 30.6. The number of thioether (sulfide) groups is 2. The molecule has 1 heterocycles. The van der Waals surface area contributed by atoms with Crippen LogP contribution in [0, 0.1) is 0 Å². The van der Waals surface area contributed by atoms with E-state index < -0.39 is 0 Å². The van der Waals surface area contributed by atoms with Crippen molar-refractivity contribution >= 4 is 46.2 Å². The summed E-state index contributed by atoms with van der Waals surface area (Å²) in [6, 6.07) is 0. The summed E-state index contributed by atoms with van der Waals surface area (Å²) in [4.78, 5) is 11.9. The zero-order chi connectivity index (χ0) is 23.1. The van der Waals surface area contributed by atoms with Crippen molar-refractivity contribution in [3.63, 3.8) is 0 Å². The van der Waals surface area contributed by atoms with Crippen LogP contribution in [0.15, 0.2) is 13.2 Å². The molecular formula is C27H50OS4. The Morgan fingerprint density at radius 3 is 1.06 bits per heavy atom. The van der Waals surface area contributed by atoms with Crippen molar-refractivity contribution in [1.82, 2.24) is 0 Å². The Bertz CT molecular complexity index is 520. The maximum Gasteiger partial charge on any atom is 0.289 e. The standard InChI is InChI=1S/C27H50OS4/c1-3-5-7-9-11-13-15-17-19-21-23-29-25-26(32-27(28)31-25)30-24-22-20-18-16-14-12-10-8-6-4-2/h3-24H2,1-2H3. The molecule has 0 aliphatic heterocycles. The van der Waals surface area contributed by atoms with E-state index in [-0.39, 0.29) is 4.06 Å². The molecule has 0 unspecified atom stereocenters. The van der Waals surface area contributed by atoms with E-state index in [0.29, 0.717) is 0 Å². The summed E-state index contributed by atoms with van der Waals surface area (Å²) in [5.41, 5.74) is 0. The van der Waals surface area contributed by atoms with Crippen LogP contribution in [0.2, 0.25) is 0 Å². The third kappa shape index (κ3) is 18.0. The first-order chi connectivity index (χ1) is 15.8. The smallest absolute Gasteiger partial charge is 0.265 e. The molecule has 0 aliphatic carbocycles. The van der Waals surface area contributed by atoms with Gasteiger partial charge < -0.3 is 0 Å². The summed E-state index contributed by atoms with van der Waals surface area (Å²) in [7, 11) is 0. The van der Waals surface area contributed by atoms with E-state index in [4.69, 9.17) is 0 Å². The van der Waals surface area contributed by atoms with Crippen molar-refractivity contribution in [2.24, 2.45) is 0 Å². The summed E-state index contributed by atoms with van der Waals surface area (Å²) in [5, 5.41) is 0. The zero-order valence-electron chi connectivity index (χ0n) is 21.1. The van der Waals surface area contributed by atoms with E-state index in [9.17, 15) is 4.79 Å². The minimum absolute atomic E-state index is 0.279. The Morgan fingerprint density at radius 2 is 0.750 bits per heavy atom. The molecule has 0 fully saturated rings. The minimum Gasteiger partial charge on any atom is -0.265 e. The van der Waals surface area contributed by atoms with Crippen LogP contribution in [-0.4, -0.2) is 11.5 Å². The van der Waals surface area contributed by atoms with Gasteiger partial charge in [0.05, 0.1) is 8.42 Å². The topological polar surface area (TPSA) is 17.1 Å². The lowest BCUT2D eigenvalue weighted by molar-refractivity contribution is 0.563. The first-order valence-corrected chi connectivity index (χ1v) is 17.3. The van der Waals surface area contributed by atoms with Crippen LogP contribution in [0.3, 0.4) is 0 Å². The van der Waals surface area contributed by atoms with Crippen LogP contribution in [0.25, 0.3) is 0 Å². The van der Waals surface area contributed by atoms with Crippen molar-refractivity contribution in [1.29, 1.82) is 0 Å². The SMILES string of the molecule is CCCCCCCCCCCCSc1sc(=O)sc1SCCCCCCCCCCCC. The molecule has 0 aliphatic rings. The van der Waals surface area contributed by atoms with E-state index >= 15 is 0 Å². The largest absolute Gasteiger partial charge is 0.289 e. The maximum absolute atomic E-state index is 11.9. The van der Waals surface area contributed by atoms with Crippen molar-refractivity contribution < 1.29 is 0 Å². The quantitative estimate of drug-likeness (QED) is 0.1000. The van der Waals surface area contributed by atoms with Crippen LogP contribution in [-0.2, 0) is 0 Å². The summed E-state index contributed by atoms with van der Waals surface area (Å²) < 4.78 is 2.88. The molecule has 188 valence electrons. The molecular weight excluding hydrogens is 469 g/mol. The number of unbranched alkanes of at least 4 members (excludes halogenated alkanes) is 18. The van der Waals surface area contributed by atoms with Gasteiger partial charge in [0, 0.05) is 0 Å². The van der Waals surface area contributed by atoms with Gasteiger partial charge in [-0.15, -0.1) is 23.5 Å². The van der Waals surface area contributed by atoms with E-state index in [0.717, 1.165) is 0 Å². The fourth-order valence-corrected chi connectivity index (χ4v) is 9.33. The van der Waals surface area contributed by atoms with Gasteiger partial charge in [0.1, 0.15) is 0 Å². The minimum atomic E-state index is 0.279. The summed E-state index contributed by atoms with van der Waals surface area (Å²) >= 11 is 6.84. The van der Waals surface area contributed by atoms with Crippen molar-refractivity contribution in [3.8, 4) is 0 Å². The molecule has 0 spiro atoms. The van der Waals surface area contributed by atoms with Gasteiger partial charge in [0.15, 0.2) is 0 Å². The van der Waals surface area contributed by atoms with E-state index in [2.05, 4.69) is 13.8 Å². The highest BCUT2D eigenvalue weighted by molar-refractivity contribution is 8.04. The van der Waals surface area contributed by atoms with Crippen molar-refractivity contribution in [2.75, 3.05) is 11.5 Å². The van der Waals surface area contributed by atoms with Gasteiger partial charge in [-0.3, -0.25) is 4.79 Å². The highest BCUT2D eigenvalue weighted by Crippen LogP contribution is 2.37. The van der Waals surface area contributed by atoms with Gasteiger partial charge in [0.2, 0.25) is 0 Å². The van der Waals surface area contributed by atoms with Gasteiger partial charge >= 0.3 is 0 Å². The average Bonchev–Trinajstić information content (AvgIpc) is 3.15. The summed E-state index contributed by atoms with van der Waals surface area (Å²) in [6.07, 6.45) is 27.8. The summed E-state index contributed by atoms with van der Waals surface area (Å²) in [5.74, 6) is 2.35. The van der Waals surface area contributed by atoms with Crippen molar-refractivity contribution in [2.45, 2.75) is 151 Å². The Morgan fingerprint density at radius 1 is 0.469 bits per heavy atom. The maximum atomic E-state index is 11.9. The molecule has 1 nitrogen and oxygen atoms in total. The van der Waals surface area contributed by atoms with Crippen LogP contribution in [0.1, 0.15) is 142 Å². The molecule has 1 aromatic heterocycles. The number of hydrogen-bond donors (Lipinski definition) is 0. The van der Waals surface area contributed by atoms with E-state index in [1.54, 1.807) is 0 Å². The molecule has 32 heavy (non-hydrogen) atoms. The lowest BCUT2D eigenvalue weighted by Crippen LogP contribution is -1.85. The predicted octanol–water partition coefficient (Wildman–Crippen LogP) is 11.2. The lowest BCUT2D eigenvalue weighted by Gasteiger charge is -2.04. The van der Waals surface area contributed by atoms with E-state index in [1.807, 2.05) is 23.5 Å². The molecule has 0 N–H and O–H groups in total. The molecule has 0 radical (unpaired) electrons. The lowest BCUT2D eigenvalue weighted by atomic mass is 10.1. The van der Waals surface area contributed by atoms with Gasteiger partial charge in [-0.25, -0.2) is 0 Å². The average molecular weight is 519 g/mol. The molecule has 0 aromatic carbocycles. The Hall–Kier alpha value is 0.550. The number of rotatable bonds is 24. The normalized spacial score (nSPS) is 11.4. The van der Waals surface area contributed by atoms with E-state index in [1.165, 1.54) is 171 Å². The molecule has 0 saturated carbocycles. The van der Waals surface area contributed by atoms with Crippen LogP contribution in [0.4, 0.5) is 0 Å². The zero-order valence-corrected chi connectivity index (χ0v) is 24.4. The molecule has 5 heteroatoms. The fourth-order valence-electron chi connectivity index (χ4n) is 3.94. The van der Waals surface area contributed by atoms with Crippen LogP contribution < -0.4 is 4.06 Å². The molecule has 0 saturated heterocycles. The second-order valence-corrected chi connectivity index (χ2v) is 14.0. The highest BCUT2D eigenvalue weighted by Gasteiger charge is 2.10. The Labute approximate surface area is 216 Å². The molecule has 0 atom stereocenters. The third-order valence-corrected chi connectivity index (χ3v) is 11.2. The van der Waals surface area contributed by atoms with Gasteiger partial charge in [-0.1, -0.05) is 152 Å². The highest BCUT2D eigenvalue weighted by atomic mass is 32.2. The second kappa shape index (κ2) is 23.3.